The van der Waals surface area contributed by atoms with Crippen LogP contribution in [0.3, 0.4) is 0 Å². The maximum absolute atomic E-state index is 11.7. The molecule has 1 saturated heterocycles. The molecule has 0 spiro atoms. The first-order valence-electron chi connectivity index (χ1n) is 10.4. The van der Waals surface area contributed by atoms with E-state index in [0.717, 1.165) is 56.9 Å². The van der Waals surface area contributed by atoms with Crippen molar-refractivity contribution < 1.29 is 14.3 Å². The summed E-state index contributed by atoms with van der Waals surface area (Å²) in [4.78, 5) is 0. The van der Waals surface area contributed by atoms with Gasteiger partial charge in [-0.05, 0) is 76.6 Å². The van der Waals surface area contributed by atoms with E-state index in [1.54, 1.807) is 13.4 Å². The lowest BCUT2D eigenvalue weighted by atomic mass is 9.96. The van der Waals surface area contributed by atoms with Gasteiger partial charge >= 0.3 is 0 Å². The standard InChI is InChI=1S/C26H24O3S2/c1-28-23-8-3-6-19(17-23)18-5-2-7-22(16-18)26(30-13-4-14-31-26)25(27)21-9-10-24-20(15-21)11-12-29-24/h2-3,5-12,15-17,25,27H,4,13-14H2,1H3. The fourth-order valence-electron chi connectivity index (χ4n) is 4.12. The quantitative estimate of drug-likeness (QED) is 0.361. The second-order valence-corrected chi connectivity index (χ2v) is 10.6. The monoisotopic (exact) mass is 448 g/mol. The molecule has 1 fully saturated rings. The molecule has 5 heteroatoms. The minimum absolute atomic E-state index is 0.454. The topological polar surface area (TPSA) is 42.6 Å². The molecule has 1 N–H and O–H groups in total. The Balaban J connectivity index is 1.58. The third-order valence-corrected chi connectivity index (χ3v) is 9.21. The van der Waals surface area contributed by atoms with Crippen LogP contribution in [0.25, 0.3) is 22.1 Å². The number of benzene rings is 3. The molecule has 1 unspecified atom stereocenters. The second-order valence-electron chi connectivity index (χ2n) is 7.65. The number of methoxy groups -OCH3 is 1. The van der Waals surface area contributed by atoms with Crippen LogP contribution in [0.4, 0.5) is 0 Å². The highest BCUT2D eigenvalue weighted by Gasteiger charge is 2.43. The number of fused-ring (bicyclic) bond motifs is 1. The molecule has 5 rings (SSSR count). The predicted octanol–water partition coefficient (Wildman–Crippen LogP) is 6.86. The summed E-state index contributed by atoms with van der Waals surface area (Å²) in [6, 6.07) is 24.6. The molecule has 0 bridgehead atoms. The van der Waals surface area contributed by atoms with Crippen molar-refractivity contribution in [1.29, 1.82) is 0 Å². The molecule has 1 atom stereocenters. The SMILES string of the molecule is COc1cccc(-c2cccc(C3(C(O)c4ccc5occc5c4)SCCCS3)c2)c1. The largest absolute Gasteiger partial charge is 0.497 e. The number of furan rings is 1. The zero-order valence-corrected chi connectivity index (χ0v) is 18.9. The van der Waals surface area contributed by atoms with Gasteiger partial charge in [-0.15, -0.1) is 23.5 Å². The summed E-state index contributed by atoms with van der Waals surface area (Å²) in [6.07, 6.45) is 2.21. The fourth-order valence-corrected chi connectivity index (χ4v) is 7.50. The van der Waals surface area contributed by atoms with Crippen LogP contribution in [0.1, 0.15) is 23.7 Å². The van der Waals surface area contributed by atoms with E-state index < -0.39 is 10.2 Å². The lowest BCUT2D eigenvalue weighted by Crippen LogP contribution is -2.30. The number of ether oxygens (including phenoxy) is 1. The van der Waals surface area contributed by atoms with Gasteiger partial charge in [-0.3, -0.25) is 0 Å². The average molecular weight is 449 g/mol. The molecule has 31 heavy (non-hydrogen) atoms. The molecule has 1 aliphatic rings. The summed E-state index contributed by atoms with van der Waals surface area (Å²) in [5.74, 6) is 2.90. The number of aliphatic hydroxyl groups is 1. The minimum Gasteiger partial charge on any atom is -0.497 e. The summed E-state index contributed by atoms with van der Waals surface area (Å²) in [5, 5.41) is 12.7. The zero-order chi connectivity index (χ0) is 21.3. The smallest absolute Gasteiger partial charge is 0.133 e. The van der Waals surface area contributed by atoms with E-state index in [-0.39, 0.29) is 0 Å². The minimum atomic E-state index is -0.636. The van der Waals surface area contributed by atoms with Crippen LogP contribution in [-0.4, -0.2) is 23.7 Å². The van der Waals surface area contributed by atoms with Gasteiger partial charge in [0.15, 0.2) is 0 Å². The summed E-state index contributed by atoms with van der Waals surface area (Å²) in [7, 11) is 1.69. The molecular formula is C26H24O3S2. The number of rotatable bonds is 5. The number of thioether (sulfide) groups is 2. The third kappa shape index (κ3) is 3.86. The van der Waals surface area contributed by atoms with Crippen molar-refractivity contribution >= 4 is 34.5 Å². The van der Waals surface area contributed by atoms with Gasteiger partial charge in [0, 0.05) is 5.39 Å². The molecule has 0 amide bonds. The summed E-state index contributed by atoms with van der Waals surface area (Å²) < 4.78 is 10.4. The second kappa shape index (κ2) is 8.65. The molecule has 4 aromatic rings. The highest BCUT2D eigenvalue weighted by molar-refractivity contribution is 8.18. The Morgan fingerprint density at radius 3 is 2.52 bits per heavy atom. The van der Waals surface area contributed by atoms with Crippen molar-refractivity contribution in [3.63, 3.8) is 0 Å². The van der Waals surface area contributed by atoms with Crippen LogP contribution >= 0.6 is 23.5 Å². The Kier molecular flexibility index (Phi) is 5.74. The highest BCUT2D eigenvalue weighted by Crippen LogP contribution is 2.58. The van der Waals surface area contributed by atoms with Crippen LogP contribution in [-0.2, 0) is 4.08 Å². The van der Waals surface area contributed by atoms with Gasteiger partial charge in [-0.2, -0.15) is 0 Å². The first-order valence-corrected chi connectivity index (χ1v) is 12.3. The Labute approximate surface area is 190 Å². The van der Waals surface area contributed by atoms with Crippen molar-refractivity contribution in [3.05, 3.63) is 90.2 Å². The highest BCUT2D eigenvalue weighted by atomic mass is 32.2. The zero-order valence-electron chi connectivity index (χ0n) is 17.3. The van der Waals surface area contributed by atoms with E-state index in [4.69, 9.17) is 9.15 Å². The maximum atomic E-state index is 11.7. The van der Waals surface area contributed by atoms with Crippen molar-refractivity contribution in [2.24, 2.45) is 0 Å². The van der Waals surface area contributed by atoms with Gasteiger partial charge in [0.05, 0.1) is 13.4 Å². The van der Waals surface area contributed by atoms with E-state index in [9.17, 15) is 5.11 Å². The number of hydrogen-bond acceptors (Lipinski definition) is 5. The molecule has 2 heterocycles. The van der Waals surface area contributed by atoms with E-state index >= 15 is 0 Å². The van der Waals surface area contributed by atoms with Crippen LogP contribution < -0.4 is 4.74 Å². The molecule has 158 valence electrons. The number of aliphatic hydroxyl groups excluding tert-OH is 1. The predicted molar refractivity (Wildman–Crippen MR) is 131 cm³/mol. The van der Waals surface area contributed by atoms with Crippen LogP contribution in [0, 0.1) is 0 Å². The lowest BCUT2D eigenvalue weighted by Gasteiger charge is -2.40. The van der Waals surface area contributed by atoms with E-state index in [2.05, 4.69) is 36.4 Å². The molecule has 0 saturated carbocycles. The molecule has 3 nitrogen and oxygen atoms in total. The molecule has 0 aliphatic carbocycles. The van der Waals surface area contributed by atoms with Gasteiger partial charge in [-0.25, -0.2) is 0 Å². The Morgan fingerprint density at radius 1 is 0.935 bits per heavy atom. The fraction of sp³-hybridized carbons (Fsp3) is 0.231. The van der Waals surface area contributed by atoms with Crippen molar-refractivity contribution in [3.8, 4) is 16.9 Å². The Bertz CT molecular complexity index is 1190. The van der Waals surface area contributed by atoms with Gasteiger partial charge in [0.25, 0.3) is 0 Å². The average Bonchev–Trinajstić information content (AvgIpc) is 3.32. The maximum Gasteiger partial charge on any atom is 0.133 e. The Hall–Kier alpha value is -2.34. The van der Waals surface area contributed by atoms with Crippen molar-refractivity contribution in [1.82, 2.24) is 0 Å². The van der Waals surface area contributed by atoms with E-state index in [0.29, 0.717) is 0 Å². The first-order chi connectivity index (χ1) is 15.2. The van der Waals surface area contributed by atoms with Crippen LogP contribution in [0.2, 0.25) is 0 Å². The van der Waals surface area contributed by atoms with Crippen molar-refractivity contribution in [2.75, 3.05) is 18.6 Å². The normalized spacial score (nSPS) is 16.8. The number of hydrogen-bond donors (Lipinski definition) is 1. The summed E-state index contributed by atoms with van der Waals surface area (Å²) in [5.41, 5.74) is 5.13. The third-order valence-electron chi connectivity index (χ3n) is 5.74. The molecule has 1 aliphatic heterocycles. The lowest BCUT2D eigenvalue weighted by molar-refractivity contribution is 0.163. The summed E-state index contributed by atoms with van der Waals surface area (Å²) in [6.45, 7) is 0. The van der Waals surface area contributed by atoms with Gasteiger partial charge in [-0.1, -0.05) is 36.4 Å². The van der Waals surface area contributed by atoms with Gasteiger partial charge in [0.2, 0.25) is 0 Å². The molecule has 1 aromatic heterocycles. The molecule has 0 radical (unpaired) electrons. The molecule has 3 aromatic carbocycles. The van der Waals surface area contributed by atoms with E-state index in [1.807, 2.05) is 59.9 Å². The first kappa shape index (κ1) is 20.6. The van der Waals surface area contributed by atoms with Crippen LogP contribution in [0.15, 0.2) is 83.5 Å². The van der Waals surface area contributed by atoms with Crippen LogP contribution in [0.5, 0.6) is 5.75 Å². The summed E-state index contributed by atoms with van der Waals surface area (Å²) >= 11 is 3.70. The van der Waals surface area contributed by atoms with Gasteiger partial charge in [0.1, 0.15) is 21.5 Å². The molecular weight excluding hydrogens is 424 g/mol. The van der Waals surface area contributed by atoms with E-state index in [1.165, 1.54) is 0 Å². The van der Waals surface area contributed by atoms with Gasteiger partial charge < -0.3 is 14.3 Å². The Morgan fingerprint density at radius 2 is 1.71 bits per heavy atom. The van der Waals surface area contributed by atoms with Crippen molar-refractivity contribution in [2.45, 2.75) is 16.6 Å².